The molecule has 0 spiro atoms. The summed E-state index contributed by atoms with van der Waals surface area (Å²) in [4.78, 5) is 4.47. The molecule has 0 amide bonds. The number of guanidine groups is 1. The first-order valence-corrected chi connectivity index (χ1v) is 6.82. The maximum Gasteiger partial charge on any atom is 0.188 e. The molecule has 1 saturated carbocycles. The summed E-state index contributed by atoms with van der Waals surface area (Å²) in [6.07, 6.45) is 3.60. The van der Waals surface area contributed by atoms with Gasteiger partial charge in [-0.2, -0.15) is 0 Å². The van der Waals surface area contributed by atoms with Crippen LogP contribution in [0.15, 0.2) is 47.5 Å². The Hall–Kier alpha value is -1.04. The Morgan fingerprint density at radius 2 is 2.00 bits per heavy atom. The fourth-order valence-corrected chi connectivity index (χ4v) is 2.15. The first-order valence-electron chi connectivity index (χ1n) is 6.82. The molecule has 0 radical (unpaired) electrons. The van der Waals surface area contributed by atoms with E-state index in [1.54, 1.807) is 0 Å². The van der Waals surface area contributed by atoms with Crippen LogP contribution < -0.4 is 11.1 Å². The van der Waals surface area contributed by atoms with Gasteiger partial charge in [-0.25, -0.2) is 0 Å². The minimum absolute atomic E-state index is 0. The van der Waals surface area contributed by atoms with Crippen LogP contribution in [0.1, 0.15) is 25.3 Å². The number of aliphatic imine (C=N–C) groups is 1. The lowest BCUT2D eigenvalue weighted by Gasteiger charge is -2.13. The molecule has 0 bridgehead atoms. The molecule has 3 nitrogen and oxygen atoms in total. The maximum absolute atomic E-state index is 5.85. The molecule has 1 aromatic rings. The zero-order chi connectivity index (χ0) is 13.7. The summed E-state index contributed by atoms with van der Waals surface area (Å²) >= 11 is 0. The normalized spacial score (nSPS) is 16.1. The molecule has 110 valence electrons. The van der Waals surface area contributed by atoms with Crippen LogP contribution in [0.5, 0.6) is 0 Å². The second-order valence-corrected chi connectivity index (χ2v) is 5.67. The molecule has 3 N–H and O–H groups in total. The number of benzene rings is 1. The van der Waals surface area contributed by atoms with Gasteiger partial charge in [-0.05, 0) is 37.2 Å². The third-order valence-electron chi connectivity index (χ3n) is 3.54. The van der Waals surface area contributed by atoms with Crippen molar-refractivity contribution in [2.75, 3.05) is 13.1 Å². The summed E-state index contributed by atoms with van der Waals surface area (Å²) in [7, 11) is 0. The Labute approximate surface area is 138 Å². The standard InChI is InChI=1S/C16H23N3.HI/c1-13(2)11-18-15(17)19-12-16(8-9-16)10-14-6-4-3-5-7-14;/h3-7H,1,8-12H2,2H3,(H3,17,18,19);1H. The minimum Gasteiger partial charge on any atom is -0.370 e. The van der Waals surface area contributed by atoms with Gasteiger partial charge in [-0.3, -0.25) is 4.99 Å². The van der Waals surface area contributed by atoms with Crippen LogP contribution in [0.2, 0.25) is 0 Å². The van der Waals surface area contributed by atoms with E-state index in [1.807, 2.05) is 6.92 Å². The molecule has 0 saturated heterocycles. The average molecular weight is 385 g/mol. The number of nitrogens with two attached hydrogens (primary N) is 1. The highest BCUT2D eigenvalue weighted by molar-refractivity contribution is 14.0. The largest absolute Gasteiger partial charge is 0.370 e. The molecule has 2 rings (SSSR count). The van der Waals surface area contributed by atoms with Crippen molar-refractivity contribution in [1.29, 1.82) is 0 Å². The quantitative estimate of drug-likeness (QED) is 0.342. The summed E-state index contributed by atoms with van der Waals surface area (Å²) < 4.78 is 0. The lowest BCUT2D eigenvalue weighted by Crippen LogP contribution is -2.33. The highest BCUT2D eigenvalue weighted by Gasteiger charge is 2.42. The fraction of sp³-hybridized carbons (Fsp3) is 0.438. The molecule has 0 aromatic heterocycles. The van der Waals surface area contributed by atoms with Crippen molar-refractivity contribution in [1.82, 2.24) is 5.32 Å². The van der Waals surface area contributed by atoms with Gasteiger partial charge < -0.3 is 11.1 Å². The number of hydrogen-bond acceptors (Lipinski definition) is 1. The number of rotatable bonds is 6. The molecule has 0 aliphatic heterocycles. The SMILES string of the molecule is C=C(C)CNC(N)=NCC1(Cc2ccccc2)CC1.I. The van der Waals surface area contributed by atoms with E-state index < -0.39 is 0 Å². The van der Waals surface area contributed by atoms with E-state index in [2.05, 4.69) is 47.2 Å². The van der Waals surface area contributed by atoms with Gasteiger partial charge in [-0.15, -0.1) is 24.0 Å². The zero-order valence-electron chi connectivity index (χ0n) is 12.1. The van der Waals surface area contributed by atoms with Crippen molar-refractivity contribution < 1.29 is 0 Å². The second-order valence-electron chi connectivity index (χ2n) is 5.67. The Morgan fingerprint density at radius 3 is 2.55 bits per heavy atom. The molecule has 0 heterocycles. The van der Waals surface area contributed by atoms with E-state index in [4.69, 9.17) is 5.73 Å². The molecule has 20 heavy (non-hydrogen) atoms. The summed E-state index contributed by atoms with van der Waals surface area (Å²) in [6, 6.07) is 10.6. The van der Waals surface area contributed by atoms with Gasteiger partial charge in [0.25, 0.3) is 0 Å². The van der Waals surface area contributed by atoms with E-state index in [1.165, 1.54) is 18.4 Å². The van der Waals surface area contributed by atoms with Crippen molar-refractivity contribution >= 4 is 29.9 Å². The number of halogens is 1. The lowest BCUT2D eigenvalue weighted by molar-refractivity contribution is 0.521. The molecule has 1 aromatic carbocycles. The van der Waals surface area contributed by atoms with Crippen LogP contribution in [0.4, 0.5) is 0 Å². The van der Waals surface area contributed by atoms with Crippen LogP contribution in [0.25, 0.3) is 0 Å². The predicted molar refractivity (Wildman–Crippen MR) is 96.5 cm³/mol. The molecular formula is C16H24IN3. The summed E-state index contributed by atoms with van der Waals surface area (Å²) in [6.45, 7) is 7.31. The first-order chi connectivity index (χ1) is 9.10. The van der Waals surface area contributed by atoms with E-state index in [9.17, 15) is 0 Å². The lowest BCUT2D eigenvalue weighted by atomic mass is 9.97. The smallest absolute Gasteiger partial charge is 0.188 e. The minimum atomic E-state index is 0. The van der Waals surface area contributed by atoms with Gasteiger partial charge in [0.15, 0.2) is 5.96 Å². The molecule has 4 heteroatoms. The number of hydrogen-bond donors (Lipinski definition) is 2. The molecule has 0 unspecified atom stereocenters. The first kappa shape index (κ1) is 17.0. The number of nitrogens with zero attached hydrogens (tertiary/aromatic N) is 1. The van der Waals surface area contributed by atoms with Gasteiger partial charge >= 0.3 is 0 Å². The van der Waals surface area contributed by atoms with Gasteiger partial charge in [0.1, 0.15) is 0 Å². The third kappa shape index (κ3) is 5.53. The molecule has 1 fully saturated rings. The second kappa shape index (κ2) is 7.67. The molecule has 0 atom stereocenters. The van der Waals surface area contributed by atoms with Gasteiger partial charge in [0, 0.05) is 13.1 Å². The highest BCUT2D eigenvalue weighted by atomic mass is 127. The maximum atomic E-state index is 5.85. The zero-order valence-corrected chi connectivity index (χ0v) is 14.4. The van der Waals surface area contributed by atoms with Crippen LogP contribution in [-0.4, -0.2) is 19.0 Å². The summed E-state index contributed by atoms with van der Waals surface area (Å²) in [5.41, 5.74) is 8.64. The Balaban J connectivity index is 0.00000200. The van der Waals surface area contributed by atoms with Crippen molar-refractivity contribution in [3.63, 3.8) is 0 Å². The molecular weight excluding hydrogens is 361 g/mol. The van der Waals surface area contributed by atoms with Crippen LogP contribution in [-0.2, 0) is 6.42 Å². The van der Waals surface area contributed by atoms with Gasteiger partial charge in [0.2, 0.25) is 0 Å². The molecule has 1 aliphatic carbocycles. The topological polar surface area (TPSA) is 50.4 Å². The van der Waals surface area contributed by atoms with E-state index in [0.717, 1.165) is 18.5 Å². The van der Waals surface area contributed by atoms with Crippen molar-refractivity contribution in [3.8, 4) is 0 Å². The van der Waals surface area contributed by atoms with Crippen LogP contribution >= 0.6 is 24.0 Å². The van der Waals surface area contributed by atoms with Gasteiger partial charge in [0.05, 0.1) is 0 Å². The van der Waals surface area contributed by atoms with E-state index in [0.29, 0.717) is 17.9 Å². The van der Waals surface area contributed by atoms with E-state index >= 15 is 0 Å². The Bertz CT molecular complexity index is 464. The van der Waals surface area contributed by atoms with Crippen LogP contribution in [0, 0.1) is 5.41 Å². The predicted octanol–water partition coefficient (Wildman–Crippen LogP) is 3.11. The Kier molecular flexibility index (Phi) is 6.52. The van der Waals surface area contributed by atoms with Crippen molar-refractivity contribution in [3.05, 3.63) is 48.0 Å². The Morgan fingerprint density at radius 1 is 1.35 bits per heavy atom. The van der Waals surface area contributed by atoms with Crippen LogP contribution in [0.3, 0.4) is 0 Å². The summed E-state index contributed by atoms with van der Waals surface area (Å²) in [5.74, 6) is 0.530. The summed E-state index contributed by atoms with van der Waals surface area (Å²) in [5, 5.41) is 3.07. The average Bonchev–Trinajstić information content (AvgIpc) is 3.15. The molecule has 1 aliphatic rings. The van der Waals surface area contributed by atoms with Crippen molar-refractivity contribution in [2.24, 2.45) is 16.1 Å². The van der Waals surface area contributed by atoms with Gasteiger partial charge in [-0.1, -0.05) is 42.5 Å². The van der Waals surface area contributed by atoms with Crippen molar-refractivity contribution in [2.45, 2.75) is 26.2 Å². The highest BCUT2D eigenvalue weighted by Crippen LogP contribution is 2.48. The van der Waals surface area contributed by atoms with E-state index in [-0.39, 0.29) is 24.0 Å². The monoisotopic (exact) mass is 385 g/mol. The fourth-order valence-electron chi connectivity index (χ4n) is 2.15. The third-order valence-corrected chi connectivity index (χ3v) is 3.54. The number of nitrogens with one attached hydrogen (secondary N) is 1.